The van der Waals surface area contributed by atoms with E-state index in [0.29, 0.717) is 0 Å². The quantitative estimate of drug-likeness (QED) is 0.638. The van der Waals surface area contributed by atoms with E-state index in [1.54, 1.807) is 11.3 Å². The topological polar surface area (TPSA) is 38.0 Å². The predicted molar refractivity (Wildman–Crippen MR) is 78.6 cm³/mol. The molecule has 1 unspecified atom stereocenters. The van der Waals surface area contributed by atoms with Crippen molar-refractivity contribution < 1.29 is 0 Å². The van der Waals surface area contributed by atoms with Crippen LogP contribution in [0.15, 0.2) is 35.0 Å². The molecule has 0 saturated carbocycles. The van der Waals surface area contributed by atoms with Crippen molar-refractivity contribution in [3.63, 3.8) is 0 Å². The van der Waals surface area contributed by atoms with Gasteiger partial charge in [0.1, 0.15) is 0 Å². The van der Waals surface area contributed by atoms with Crippen LogP contribution in [-0.2, 0) is 6.42 Å². The summed E-state index contributed by atoms with van der Waals surface area (Å²) in [5.74, 6) is 5.70. The van der Waals surface area contributed by atoms with Gasteiger partial charge in [0, 0.05) is 6.04 Å². The summed E-state index contributed by atoms with van der Waals surface area (Å²) in [7, 11) is 0. The molecule has 0 saturated heterocycles. The molecule has 1 heterocycles. The minimum atomic E-state index is 0.227. The van der Waals surface area contributed by atoms with Crippen LogP contribution in [0.5, 0.6) is 0 Å². The van der Waals surface area contributed by atoms with Gasteiger partial charge < -0.3 is 0 Å². The maximum absolute atomic E-state index is 5.70. The lowest BCUT2D eigenvalue weighted by molar-refractivity contribution is 0.514. The highest BCUT2D eigenvalue weighted by atomic mass is 32.1. The second-order valence-electron chi connectivity index (χ2n) is 4.75. The van der Waals surface area contributed by atoms with E-state index in [1.165, 1.54) is 22.3 Å². The largest absolute Gasteiger partial charge is 0.271 e. The average Bonchev–Trinajstić information content (AvgIpc) is 2.85. The third kappa shape index (κ3) is 3.19. The lowest BCUT2D eigenvalue weighted by atomic mass is 9.95. The van der Waals surface area contributed by atoms with Crippen LogP contribution in [-0.4, -0.2) is 0 Å². The van der Waals surface area contributed by atoms with Gasteiger partial charge >= 0.3 is 0 Å². The van der Waals surface area contributed by atoms with E-state index in [0.717, 1.165) is 12.8 Å². The number of hydrogen-bond donors (Lipinski definition) is 2. The van der Waals surface area contributed by atoms with E-state index >= 15 is 0 Å². The number of hydrogen-bond acceptors (Lipinski definition) is 3. The van der Waals surface area contributed by atoms with Crippen LogP contribution in [0.4, 0.5) is 0 Å². The molecule has 1 aromatic heterocycles. The van der Waals surface area contributed by atoms with Crippen LogP contribution in [0.3, 0.4) is 0 Å². The number of nitrogens with two attached hydrogens (primary N) is 1. The Bertz CT molecular complexity index is 491. The van der Waals surface area contributed by atoms with Crippen molar-refractivity contribution in [2.45, 2.75) is 32.7 Å². The first-order valence-electron chi connectivity index (χ1n) is 6.25. The fourth-order valence-electron chi connectivity index (χ4n) is 2.29. The van der Waals surface area contributed by atoms with Gasteiger partial charge in [-0.15, -0.1) is 0 Å². The molecule has 0 spiro atoms. The minimum Gasteiger partial charge on any atom is -0.271 e. The van der Waals surface area contributed by atoms with Gasteiger partial charge in [-0.3, -0.25) is 11.3 Å². The van der Waals surface area contributed by atoms with Crippen molar-refractivity contribution in [1.82, 2.24) is 5.43 Å². The Kier molecular flexibility index (Phi) is 4.53. The summed E-state index contributed by atoms with van der Waals surface area (Å²) < 4.78 is 0. The Hall–Kier alpha value is -1.16. The summed E-state index contributed by atoms with van der Waals surface area (Å²) in [6.45, 7) is 4.27. The summed E-state index contributed by atoms with van der Waals surface area (Å²) in [4.78, 5) is 0. The van der Waals surface area contributed by atoms with Crippen LogP contribution >= 0.6 is 11.3 Å². The molecule has 2 rings (SSSR count). The summed E-state index contributed by atoms with van der Waals surface area (Å²) in [6, 6.07) is 8.95. The van der Waals surface area contributed by atoms with Gasteiger partial charge in [0.25, 0.3) is 0 Å². The zero-order valence-corrected chi connectivity index (χ0v) is 11.8. The number of aryl methyl sites for hydroxylation is 3. The van der Waals surface area contributed by atoms with E-state index in [2.05, 4.69) is 54.3 Å². The van der Waals surface area contributed by atoms with E-state index in [9.17, 15) is 0 Å². The molecule has 0 radical (unpaired) electrons. The molecule has 96 valence electrons. The molecule has 0 bridgehead atoms. The van der Waals surface area contributed by atoms with E-state index in [-0.39, 0.29) is 6.04 Å². The maximum atomic E-state index is 5.70. The molecule has 0 aliphatic rings. The highest BCUT2D eigenvalue weighted by Gasteiger charge is 2.12. The van der Waals surface area contributed by atoms with Crippen LogP contribution < -0.4 is 11.3 Å². The highest BCUT2D eigenvalue weighted by Crippen LogP contribution is 2.23. The van der Waals surface area contributed by atoms with Gasteiger partial charge in [0.05, 0.1) is 0 Å². The molecule has 0 aliphatic carbocycles. The Morgan fingerprint density at radius 1 is 1.28 bits per heavy atom. The first-order valence-corrected chi connectivity index (χ1v) is 7.19. The highest BCUT2D eigenvalue weighted by molar-refractivity contribution is 7.07. The first-order chi connectivity index (χ1) is 8.70. The normalized spacial score (nSPS) is 12.6. The van der Waals surface area contributed by atoms with Crippen molar-refractivity contribution in [3.05, 3.63) is 57.3 Å². The van der Waals surface area contributed by atoms with Crippen LogP contribution in [0.25, 0.3) is 0 Å². The van der Waals surface area contributed by atoms with Crippen molar-refractivity contribution in [2.75, 3.05) is 0 Å². The summed E-state index contributed by atoms with van der Waals surface area (Å²) in [5.41, 5.74) is 8.25. The Morgan fingerprint density at radius 3 is 2.72 bits per heavy atom. The molecule has 1 aromatic carbocycles. The Morgan fingerprint density at radius 2 is 2.11 bits per heavy atom. The lowest BCUT2D eigenvalue weighted by Gasteiger charge is -2.18. The molecule has 2 aromatic rings. The second kappa shape index (κ2) is 6.14. The molecular formula is C15H20N2S. The smallest absolute Gasteiger partial charge is 0.0465 e. The van der Waals surface area contributed by atoms with Gasteiger partial charge in [-0.1, -0.05) is 23.8 Å². The molecule has 3 heteroatoms. The average molecular weight is 260 g/mol. The van der Waals surface area contributed by atoms with E-state index < -0.39 is 0 Å². The SMILES string of the molecule is Cc1ccc(C(CCc2ccsc2)NN)c(C)c1. The Labute approximate surface area is 113 Å². The van der Waals surface area contributed by atoms with Crippen molar-refractivity contribution in [2.24, 2.45) is 5.84 Å². The Balaban J connectivity index is 2.08. The number of benzene rings is 1. The van der Waals surface area contributed by atoms with Crippen molar-refractivity contribution in [3.8, 4) is 0 Å². The van der Waals surface area contributed by atoms with Crippen molar-refractivity contribution in [1.29, 1.82) is 0 Å². The fourth-order valence-corrected chi connectivity index (χ4v) is 2.99. The summed E-state index contributed by atoms with van der Waals surface area (Å²) in [5, 5.41) is 4.33. The number of nitrogens with one attached hydrogen (secondary N) is 1. The summed E-state index contributed by atoms with van der Waals surface area (Å²) >= 11 is 1.75. The second-order valence-corrected chi connectivity index (χ2v) is 5.53. The monoisotopic (exact) mass is 260 g/mol. The molecule has 3 N–H and O–H groups in total. The maximum Gasteiger partial charge on any atom is 0.0465 e. The molecule has 0 amide bonds. The third-order valence-corrected chi connectivity index (χ3v) is 4.04. The molecule has 0 aliphatic heterocycles. The molecule has 2 nitrogen and oxygen atoms in total. The third-order valence-electron chi connectivity index (χ3n) is 3.30. The number of thiophene rings is 1. The molecule has 1 atom stereocenters. The van der Waals surface area contributed by atoms with Crippen LogP contribution in [0, 0.1) is 13.8 Å². The standard InChI is InChI=1S/C15H20N2S/c1-11-3-5-14(12(2)9-11)15(17-16)6-4-13-7-8-18-10-13/h3,5,7-10,15,17H,4,6,16H2,1-2H3. The van der Waals surface area contributed by atoms with Crippen molar-refractivity contribution >= 4 is 11.3 Å². The van der Waals surface area contributed by atoms with Gasteiger partial charge in [0.15, 0.2) is 0 Å². The molecule has 0 fully saturated rings. The van der Waals surface area contributed by atoms with Gasteiger partial charge in [-0.05, 0) is 60.2 Å². The first kappa shape index (κ1) is 13.3. The lowest BCUT2D eigenvalue weighted by Crippen LogP contribution is -2.29. The number of hydrazine groups is 1. The molecular weight excluding hydrogens is 240 g/mol. The minimum absolute atomic E-state index is 0.227. The fraction of sp³-hybridized carbons (Fsp3) is 0.333. The van der Waals surface area contributed by atoms with E-state index in [1.807, 2.05) is 0 Å². The van der Waals surface area contributed by atoms with Gasteiger partial charge in [0.2, 0.25) is 0 Å². The zero-order chi connectivity index (χ0) is 13.0. The van der Waals surface area contributed by atoms with Gasteiger partial charge in [-0.2, -0.15) is 11.3 Å². The van der Waals surface area contributed by atoms with Gasteiger partial charge in [-0.25, -0.2) is 0 Å². The predicted octanol–water partition coefficient (Wildman–Crippen LogP) is 3.50. The zero-order valence-electron chi connectivity index (χ0n) is 10.9. The van der Waals surface area contributed by atoms with Crippen LogP contribution in [0.2, 0.25) is 0 Å². The number of rotatable bonds is 5. The van der Waals surface area contributed by atoms with E-state index in [4.69, 9.17) is 5.84 Å². The summed E-state index contributed by atoms with van der Waals surface area (Å²) in [6.07, 6.45) is 2.09. The molecule has 18 heavy (non-hydrogen) atoms. The van der Waals surface area contributed by atoms with Crippen LogP contribution in [0.1, 0.15) is 34.7 Å².